The molecule has 0 bridgehead atoms. The van der Waals surface area contributed by atoms with Crippen LogP contribution in [0.15, 0.2) is 55.4 Å². The molecule has 0 saturated carbocycles. The van der Waals surface area contributed by atoms with Crippen LogP contribution in [0.1, 0.15) is 83.3 Å². The summed E-state index contributed by atoms with van der Waals surface area (Å²) in [5, 5.41) is 18.9. The van der Waals surface area contributed by atoms with Gasteiger partial charge in [0.05, 0.1) is 30.1 Å². The van der Waals surface area contributed by atoms with Crippen LogP contribution in [0.3, 0.4) is 0 Å². The molecule has 1 atom stereocenters. The summed E-state index contributed by atoms with van der Waals surface area (Å²) in [4.78, 5) is 12.3. The number of rotatable bonds is 0. The quantitative estimate of drug-likeness (QED) is 0.187. The van der Waals surface area contributed by atoms with E-state index in [1.807, 2.05) is 12.1 Å². The maximum atomic E-state index is 11.1. The largest absolute Gasteiger partial charge is 0.469 e. The van der Waals surface area contributed by atoms with E-state index in [2.05, 4.69) is 16.9 Å². The molecule has 0 aliphatic heterocycles. The van der Waals surface area contributed by atoms with Crippen molar-refractivity contribution in [1.82, 2.24) is 5.00 Å². The summed E-state index contributed by atoms with van der Waals surface area (Å²) in [6.07, 6.45) is 13.7. The third kappa shape index (κ3) is 6.60. The number of furan rings is 3. The molecule has 3 aromatic rings. The van der Waals surface area contributed by atoms with Crippen LogP contribution in [0, 0.1) is 0 Å². The van der Waals surface area contributed by atoms with Crippen molar-refractivity contribution in [3.63, 3.8) is 0 Å². The average molecular weight is 492 g/mol. The first-order chi connectivity index (χ1) is 16.6. The Hall–Kier alpha value is -2.85. The van der Waals surface area contributed by atoms with Crippen LogP contribution in [0.25, 0.3) is 0 Å². The maximum Gasteiger partial charge on any atom is 0.166 e. The van der Waals surface area contributed by atoms with Crippen molar-refractivity contribution in [3.8, 4) is 0 Å². The predicted molar refractivity (Wildman–Crippen MR) is 125 cm³/mol. The standard InChI is InChI=1S/C8H9NO2.C8H11NO.C8H8O2.ClH2NO/c10-9-7-2-1-3-8-6(7)4-5-11-8;2*9-7-2-1-3-8-6(7)4-5-10-8;1-2-3/h4-5,10H,1-3H2;4-5,7H,1-3,9H2;4-5H,1-3H2;2-3H. The highest BCUT2D eigenvalue weighted by Gasteiger charge is 2.20. The van der Waals surface area contributed by atoms with E-state index in [9.17, 15) is 4.79 Å². The highest BCUT2D eigenvalue weighted by atomic mass is 35.5. The molecule has 3 aliphatic rings. The number of ketones is 1. The van der Waals surface area contributed by atoms with Crippen LogP contribution in [-0.4, -0.2) is 21.9 Å². The SMILES string of the molecule is NC1CCCc2occc21.O=C1CCCc2occc21.ON=C1CCCc2occc21.ONCl. The Morgan fingerprint density at radius 2 is 1.44 bits per heavy atom. The Morgan fingerprint density at radius 1 is 0.882 bits per heavy atom. The number of oxime groups is 1. The molecule has 0 radical (unpaired) electrons. The molecule has 34 heavy (non-hydrogen) atoms. The predicted octanol–water partition coefficient (Wildman–Crippen LogP) is 5.33. The number of hydrogen-bond acceptors (Lipinski definition) is 9. The van der Waals surface area contributed by atoms with Gasteiger partial charge in [0, 0.05) is 54.6 Å². The van der Waals surface area contributed by atoms with E-state index in [0.29, 0.717) is 6.42 Å². The van der Waals surface area contributed by atoms with Gasteiger partial charge in [-0.15, -0.1) is 5.00 Å². The minimum absolute atomic E-state index is 0.225. The number of fused-ring (bicyclic) bond motifs is 3. The third-order valence-corrected chi connectivity index (χ3v) is 5.95. The highest BCUT2D eigenvalue weighted by molar-refractivity contribution is 6.12. The fourth-order valence-electron chi connectivity index (χ4n) is 4.30. The first-order valence-electron chi connectivity index (χ1n) is 11.3. The number of hydrogen-bond donors (Lipinski definition) is 4. The van der Waals surface area contributed by atoms with Gasteiger partial charge in [0.2, 0.25) is 0 Å². The minimum Gasteiger partial charge on any atom is -0.469 e. The molecular formula is C24H30ClN3O6. The van der Waals surface area contributed by atoms with Crippen molar-refractivity contribution < 1.29 is 28.5 Å². The summed E-state index contributed by atoms with van der Waals surface area (Å²) < 4.78 is 15.5. The van der Waals surface area contributed by atoms with Gasteiger partial charge in [-0.05, 0) is 50.3 Å². The van der Waals surface area contributed by atoms with Crippen molar-refractivity contribution in [1.29, 1.82) is 0 Å². The topological polar surface area (TPSA) is 147 Å². The molecule has 10 heteroatoms. The van der Waals surface area contributed by atoms with Gasteiger partial charge in [0.25, 0.3) is 0 Å². The average Bonchev–Trinajstić information content (AvgIpc) is 3.61. The number of nitrogens with one attached hydrogen (secondary N) is 1. The number of nitrogens with two attached hydrogens (primary N) is 1. The number of carbonyl (C=O) groups excluding carboxylic acids is 1. The molecule has 6 rings (SSSR count). The Bertz CT molecular complexity index is 1070. The lowest BCUT2D eigenvalue weighted by atomic mass is 9.94. The first kappa shape index (κ1) is 25.8. The Balaban J connectivity index is 0.000000135. The van der Waals surface area contributed by atoms with Gasteiger partial charge in [0.15, 0.2) is 5.78 Å². The zero-order chi connectivity index (χ0) is 24.3. The molecule has 1 unspecified atom stereocenters. The first-order valence-corrected chi connectivity index (χ1v) is 11.7. The van der Waals surface area contributed by atoms with Crippen molar-refractivity contribution in [2.75, 3.05) is 0 Å². The molecule has 5 N–H and O–H groups in total. The number of halogens is 1. The molecule has 9 nitrogen and oxygen atoms in total. The lowest BCUT2D eigenvalue weighted by Gasteiger charge is -2.16. The third-order valence-electron chi connectivity index (χ3n) is 5.95. The summed E-state index contributed by atoms with van der Waals surface area (Å²) >= 11 is 4.30. The van der Waals surface area contributed by atoms with Gasteiger partial charge in [0.1, 0.15) is 17.3 Å². The molecule has 0 aromatic carbocycles. The van der Waals surface area contributed by atoms with E-state index in [1.54, 1.807) is 24.9 Å². The van der Waals surface area contributed by atoms with Gasteiger partial charge < -0.3 is 29.4 Å². The molecule has 0 fully saturated rings. The smallest absolute Gasteiger partial charge is 0.166 e. The Kier molecular flexibility index (Phi) is 9.96. The zero-order valence-electron chi connectivity index (χ0n) is 18.8. The minimum atomic E-state index is 0.225. The van der Waals surface area contributed by atoms with Crippen LogP contribution < -0.4 is 10.7 Å². The fraction of sp³-hybridized carbons (Fsp3) is 0.417. The van der Waals surface area contributed by atoms with Crippen molar-refractivity contribution in [3.05, 3.63) is 71.0 Å². The lowest BCUT2D eigenvalue weighted by molar-refractivity contribution is 0.0969. The fourth-order valence-corrected chi connectivity index (χ4v) is 4.30. The summed E-state index contributed by atoms with van der Waals surface area (Å²) in [5.41, 5.74) is 9.56. The van der Waals surface area contributed by atoms with E-state index < -0.39 is 0 Å². The Morgan fingerprint density at radius 3 is 2.09 bits per heavy atom. The van der Waals surface area contributed by atoms with Crippen LogP contribution >= 0.6 is 11.8 Å². The Labute approximate surface area is 202 Å². The van der Waals surface area contributed by atoms with E-state index in [-0.39, 0.29) is 11.8 Å². The summed E-state index contributed by atoms with van der Waals surface area (Å²) in [7, 11) is 0. The molecule has 0 amide bonds. The van der Waals surface area contributed by atoms with E-state index in [4.69, 9.17) is 29.4 Å². The van der Waals surface area contributed by atoms with Crippen molar-refractivity contribution in [2.45, 2.75) is 63.8 Å². The van der Waals surface area contributed by atoms with Gasteiger partial charge >= 0.3 is 0 Å². The maximum absolute atomic E-state index is 11.1. The molecule has 0 saturated heterocycles. The number of carbonyl (C=O) groups is 1. The molecule has 184 valence electrons. The number of Topliss-reactive ketones (excluding diaryl/α,β-unsaturated/α-hetero) is 1. The van der Waals surface area contributed by atoms with Crippen LogP contribution in [0.4, 0.5) is 0 Å². The molecule has 3 heterocycles. The van der Waals surface area contributed by atoms with Crippen LogP contribution in [0.2, 0.25) is 0 Å². The number of aryl methyl sites for hydroxylation is 3. The molecule has 0 spiro atoms. The van der Waals surface area contributed by atoms with Gasteiger partial charge in [-0.1, -0.05) is 5.16 Å². The second-order valence-corrected chi connectivity index (χ2v) is 8.24. The molecular weight excluding hydrogens is 462 g/mol. The summed E-state index contributed by atoms with van der Waals surface area (Å²) in [6.45, 7) is 0. The highest BCUT2D eigenvalue weighted by Crippen LogP contribution is 2.28. The monoisotopic (exact) mass is 491 g/mol. The van der Waals surface area contributed by atoms with E-state index in [1.165, 1.54) is 17.0 Å². The number of nitrogens with zero attached hydrogens (tertiary/aromatic N) is 1. The zero-order valence-corrected chi connectivity index (χ0v) is 19.6. The second-order valence-electron chi connectivity index (χ2n) is 8.07. The van der Waals surface area contributed by atoms with E-state index in [0.717, 1.165) is 79.1 Å². The lowest BCUT2D eigenvalue weighted by Crippen LogP contribution is -2.15. The summed E-state index contributed by atoms with van der Waals surface area (Å²) in [5.74, 6) is 3.15. The normalized spacial score (nSPS) is 19.2. The van der Waals surface area contributed by atoms with Crippen LogP contribution in [0.5, 0.6) is 0 Å². The molecule has 3 aliphatic carbocycles. The molecule has 3 aromatic heterocycles. The van der Waals surface area contributed by atoms with Gasteiger partial charge in [-0.3, -0.25) is 4.79 Å². The summed E-state index contributed by atoms with van der Waals surface area (Å²) in [6, 6.07) is 5.82. The van der Waals surface area contributed by atoms with Crippen LogP contribution in [-0.2, 0) is 19.3 Å². The van der Waals surface area contributed by atoms with E-state index >= 15 is 0 Å². The second kappa shape index (κ2) is 13.1. The van der Waals surface area contributed by atoms with Crippen molar-refractivity contribution >= 4 is 23.3 Å². The van der Waals surface area contributed by atoms with Gasteiger partial charge in [-0.25, -0.2) is 0 Å². The van der Waals surface area contributed by atoms with Crippen molar-refractivity contribution in [2.24, 2.45) is 10.9 Å². The van der Waals surface area contributed by atoms with Gasteiger partial charge in [-0.2, -0.15) is 0 Å².